The maximum Gasteiger partial charge on any atom is 0.317 e. The molecule has 0 aromatic rings. The van der Waals surface area contributed by atoms with Gasteiger partial charge in [-0.1, -0.05) is 0 Å². The second-order valence-electron chi connectivity index (χ2n) is 5.43. The van der Waals surface area contributed by atoms with Gasteiger partial charge in [0.15, 0.2) is 0 Å². The van der Waals surface area contributed by atoms with E-state index in [1.165, 1.54) is 25.7 Å². The highest BCUT2D eigenvalue weighted by Crippen LogP contribution is 2.19. The Morgan fingerprint density at radius 2 is 2.28 bits per heavy atom. The number of nitrogens with zero attached hydrogens (tertiary/aromatic N) is 1. The van der Waals surface area contributed by atoms with Gasteiger partial charge in [-0.05, 0) is 44.7 Å². The first kappa shape index (κ1) is 13.8. The molecule has 0 radical (unpaired) electrons. The van der Waals surface area contributed by atoms with Gasteiger partial charge in [0, 0.05) is 19.7 Å². The van der Waals surface area contributed by atoms with Crippen LogP contribution in [0.15, 0.2) is 0 Å². The summed E-state index contributed by atoms with van der Waals surface area (Å²) in [5.41, 5.74) is 0. The van der Waals surface area contributed by atoms with Gasteiger partial charge in [0.25, 0.3) is 0 Å². The third-order valence-electron chi connectivity index (χ3n) is 3.80. The summed E-state index contributed by atoms with van der Waals surface area (Å²) in [5, 5.41) is 11.6. The van der Waals surface area contributed by atoms with Crippen LogP contribution in [0.3, 0.4) is 0 Å². The minimum absolute atomic E-state index is 0.0717. The molecule has 18 heavy (non-hydrogen) atoms. The van der Waals surface area contributed by atoms with E-state index in [9.17, 15) is 4.79 Å². The van der Waals surface area contributed by atoms with E-state index in [0.29, 0.717) is 12.0 Å². The molecule has 0 saturated carbocycles. The number of hydrogen-bond acceptors (Lipinski definition) is 4. The molecule has 2 heterocycles. The lowest BCUT2D eigenvalue weighted by Gasteiger charge is -2.34. The fourth-order valence-electron chi connectivity index (χ4n) is 2.94. The summed E-state index contributed by atoms with van der Waals surface area (Å²) in [5.74, 6) is -0.193. The molecule has 0 aromatic heterocycles. The first-order valence-corrected chi connectivity index (χ1v) is 7.00. The van der Waals surface area contributed by atoms with Crippen molar-refractivity contribution in [3.8, 4) is 0 Å². The zero-order chi connectivity index (χ0) is 12.8. The summed E-state index contributed by atoms with van der Waals surface area (Å²) >= 11 is 0. The van der Waals surface area contributed by atoms with Crippen LogP contribution in [-0.4, -0.2) is 61.4 Å². The average Bonchev–Trinajstić information content (AvgIpc) is 2.82. The number of carboxylic acid groups (broad SMARTS) is 1. The van der Waals surface area contributed by atoms with Crippen LogP contribution in [-0.2, 0) is 9.53 Å². The van der Waals surface area contributed by atoms with Crippen molar-refractivity contribution in [3.63, 3.8) is 0 Å². The van der Waals surface area contributed by atoms with E-state index in [1.54, 1.807) is 0 Å². The molecule has 0 amide bonds. The van der Waals surface area contributed by atoms with E-state index in [1.807, 2.05) is 0 Å². The number of carbonyl (C=O) groups is 1. The second-order valence-corrected chi connectivity index (χ2v) is 5.43. The summed E-state index contributed by atoms with van der Waals surface area (Å²) in [6.45, 7) is 5.09. The maximum absolute atomic E-state index is 10.4. The molecule has 0 bridgehead atoms. The minimum Gasteiger partial charge on any atom is -0.480 e. The highest BCUT2D eigenvalue weighted by atomic mass is 16.5. The molecule has 2 N–H and O–H groups in total. The molecule has 2 aliphatic rings. The summed E-state index contributed by atoms with van der Waals surface area (Å²) in [7, 11) is 0. The van der Waals surface area contributed by atoms with Crippen molar-refractivity contribution >= 4 is 5.97 Å². The van der Waals surface area contributed by atoms with Crippen LogP contribution in [0.1, 0.15) is 25.7 Å². The molecule has 0 spiro atoms. The largest absolute Gasteiger partial charge is 0.480 e. The number of carboxylic acids is 1. The van der Waals surface area contributed by atoms with E-state index < -0.39 is 5.97 Å². The number of aliphatic carboxylic acids is 1. The molecular formula is C13H24N2O3. The Hall–Kier alpha value is -0.650. The number of piperidine rings is 1. The Morgan fingerprint density at radius 3 is 3.00 bits per heavy atom. The standard InChI is InChI=1S/C13H24N2O3/c16-13(17)8-14-7-11-3-1-5-15(9-11)10-12-4-2-6-18-12/h11-12,14H,1-10H2,(H,16,17). The lowest BCUT2D eigenvalue weighted by atomic mass is 9.97. The number of nitrogens with one attached hydrogen (secondary N) is 1. The lowest BCUT2D eigenvalue weighted by Crippen LogP contribution is -2.43. The first-order valence-electron chi connectivity index (χ1n) is 7.00. The molecule has 0 aliphatic carbocycles. The third-order valence-corrected chi connectivity index (χ3v) is 3.80. The van der Waals surface area contributed by atoms with Gasteiger partial charge in [0.2, 0.25) is 0 Å². The quantitative estimate of drug-likeness (QED) is 0.727. The summed E-state index contributed by atoms with van der Waals surface area (Å²) in [4.78, 5) is 12.9. The third kappa shape index (κ3) is 4.55. The van der Waals surface area contributed by atoms with Crippen molar-refractivity contribution in [2.24, 2.45) is 5.92 Å². The van der Waals surface area contributed by atoms with Crippen LogP contribution in [0.4, 0.5) is 0 Å². The van der Waals surface area contributed by atoms with Gasteiger partial charge in [0.1, 0.15) is 0 Å². The second kappa shape index (κ2) is 7.07. The normalized spacial score (nSPS) is 29.6. The van der Waals surface area contributed by atoms with E-state index in [4.69, 9.17) is 9.84 Å². The van der Waals surface area contributed by atoms with E-state index in [-0.39, 0.29) is 6.54 Å². The summed E-state index contributed by atoms with van der Waals surface area (Å²) in [6, 6.07) is 0. The van der Waals surface area contributed by atoms with Gasteiger partial charge in [-0.15, -0.1) is 0 Å². The van der Waals surface area contributed by atoms with Gasteiger partial charge in [-0.2, -0.15) is 0 Å². The highest BCUT2D eigenvalue weighted by molar-refractivity contribution is 5.68. The van der Waals surface area contributed by atoms with Crippen LogP contribution in [0.2, 0.25) is 0 Å². The monoisotopic (exact) mass is 256 g/mol. The Kier molecular flexibility index (Phi) is 5.41. The van der Waals surface area contributed by atoms with Crippen molar-refractivity contribution < 1.29 is 14.6 Å². The Morgan fingerprint density at radius 1 is 1.39 bits per heavy atom. The molecular weight excluding hydrogens is 232 g/mol. The fraction of sp³-hybridized carbons (Fsp3) is 0.923. The predicted molar refractivity (Wildman–Crippen MR) is 68.6 cm³/mol. The zero-order valence-electron chi connectivity index (χ0n) is 10.9. The van der Waals surface area contributed by atoms with Crippen molar-refractivity contribution in [1.82, 2.24) is 10.2 Å². The molecule has 104 valence electrons. The van der Waals surface area contributed by atoms with Crippen LogP contribution in [0.25, 0.3) is 0 Å². The fourth-order valence-corrected chi connectivity index (χ4v) is 2.94. The van der Waals surface area contributed by atoms with Crippen molar-refractivity contribution in [1.29, 1.82) is 0 Å². The van der Waals surface area contributed by atoms with Gasteiger partial charge in [-0.25, -0.2) is 0 Å². The summed E-state index contributed by atoms with van der Waals surface area (Å²) in [6.07, 6.45) is 5.23. The average molecular weight is 256 g/mol. The molecule has 2 rings (SSSR count). The number of hydrogen-bond donors (Lipinski definition) is 2. The highest BCUT2D eigenvalue weighted by Gasteiger charge is 2.24. The van der Waals surface area contributed by atoms with Gasteiger partial charge >= 0.3 is 5.97 Å². The number of rotatable bonds is 6. The van der Waals surface area contributed by atoms with Crippen LogP contribution >= 0.6 is 0 Å². The maximum atomic E-state index is 10.4. The molecule has 2 fully saturated rings. The molecule has 5 nitrogen and oxygen atoms in total. The predicted octanol–water partition coefficient (Wildman–Crippen LogP) is 0.552. The van der Waals surface area contributed by atoms with Crippen LogP contribution in [0, 0.1) is 5.92 Å². The van der Waals surface area contributed by atoms with E-state index in [0.717, 1.165) is 32.8 Å². The Bertz CT molecular complexity index is 267. The molecule has 2 unspecified atom stereocenters. The van der Waals surface area contributed by atoms with Crippen molar-refractivity contribution in [3.05, 3.63) is 0 Å². The summed E-state index contributed by atoms with van der Waals surface area (Å²) < 4.78 is 5.67. The zero-order valence-corrected chi connectivity index (χ0v) is 10.9. The number of ether oxygens (including phenoxy) is 1. The van der Waals surface area contributed by atoms with E-state index >= 15 is 0 Å². The van der Waals surface area contributed by atoms with Gasteiger partial charge in [-0.3, -0.25) is 4.79 Å². The van der Waals surface area contributed by atoms with E-state index in [2.05, 4.69) is 10.2 Å². The smallest absolute Gasteiger partial charge is 0.317 e. The van der Waals surface area contributed by atoms with Gasteiger partial charge < -0.3 is 20.1 Å². The molecule has 5 heteroatoms. The molecule has 2 atom stereocenters. The SMILES string of the molecule is O=C(O)CNCC1CCCN(CC2CCCO2)C1. The molecule has 2 aliphatic heterocycles. The first-order chi connectivity index (χ1) is 8.74. The Balaban J connectivity index is 1.65. The lowest BCUT2D eigenvalue weighted by molar-refractivity contribution is -0.136. The van der Waals surface area contributed by atoms with Gasteiger partial charge in [0.05, 0.1) is 12.6 Å². The topological polar surface area (TPSA) is 61.8 Å². The molecule has 0 aromatic carbocycles. The minimum atomic E-state index is -0.776. The molecule has 2 saturated heterocycles. The van der Waals surface area contributed by atoms with Crippen LogP contribution in [0.5, 0.6) is 0 Å². The van der Waals surface area contributed by atoms with Crippen molar-refractivity contribution in [2.75, 3.05) is 39.3 Å². The van der Waals surface area contributed by atoms with Crippen molar-refractivity contribution in [2.45, 2.75) is 31.8 Å². The van der Waals surface area contributed by atoms with Crippen LogP contribution < -0.4 is 5.32 Å². The number of likely N-dealkylation sites (tertiary alicyclic amines) is 1. The Labute approximate surface area is 108 Å².